The molecule has 1 saturated heterocycles. The second kappa shape index (κ2) is 5.95. The summed E-state index contributed by atoms with van der Waals surface area (Å²) in [6, 6.07) is 0. The molecule has 3 N–H and O–H groups in total. The third-order valence-electron chi connectivity index (χ3n) is 4.02. The van der Waals surface area contributed by atoms with Crippen LogP contribution in [-0.2, 0) is 9.53 Å². The standard InChI is InChI=1S/C13H18N4O5S/c1-6(19)2-13(23)10-11(14-4-16-13)17(5-15-10)12-9(21)8(20)7(3-18)22-12/h4,7-9,12,18,20-21,23H,2-3,5H2,1H3/t7-,8-,9-,12-,13?/m1/s1. The fourth-order valence-corrected chi connectivity index (χ4v) is 3.36. The Kier molecular flexibility index (Phi) is 4.27. The molecule has 0 aromatic rings. The average Bonchev–Trinajstić information content (AvgIpc) is 3.02. The van der Waals surface area contributed by atoms with Crippen molar-refractivity contribution in [3.8, 4) is 0 Å². The molecule has 1 fully saturated rings. The van der Waals surface area contributed by atoms with Gasteiger partial charge in [0, 0.05) is 6.42 Å². The fourth-order valence-electron chi connectivity index (χ4n) is 2.92. The van der Waals surface area contributed by atoms with Crippen LogP contribution >= 0.6 is 12.6 Å². The molecule has 0 radical (unpaired) electrons. The Morgan fingerprint density at radius 3 is 2.87 bits per heavy atom. The maximum absolute atomic E-state index is 11.5. The number of carbonyl (C=O) groups excluding carboxylic acids is 1. The smallest absolute Gasteiger partial charge is 0.162 e. The number of rotatable bonds is 4. The number of amidine groups is 1. The van der Waals surface area contributed by atoms with E-state index in [-0.39, 0.29) is 18.9 Å². The van der Waals surface area contributed by atoms with Gasteiger partial charge in [-0.15, -0.1) is 12.6 Å². The zero-order valence-corrected chi connectivity index (χ0v) is 13.3. The summed E-state index contributed by atoms with van der Waals surface area (Å²) < 4.78 is 5.50. The molecule has 3 rings (SSSR count). The van der Waals surface area contributed by atoms with E-state index in [4.69, 9.17) is 4.74 Å². The third-order valence-corrected chi connectivity index (χ3v) is 4.50. The number of hydrogen-bond acceptors (Lipinski definition) is 10. The largest absolute Gasteiger partial charge is 0.394 e. The van der Waals surface area contributed by atoms with Crippen LogP contribution in [0, 0.1) is 0 Å². The Labute approximate surface area is 137 Å². The number of aliphatic imine (C=N–C) groups is 3. The van der Waals surface area contributed by atoms with Crippen LogP contribution < -0.4 is 0 Å². The van der Waals surface area contributed by atoms with Gasteiger partial charge in [-0.05, 0) is 6.92 Å². The van der Waals surface area contributed by atoms with Crippen molar-refractivity contribution in [3.05, 3.63) is 0 Å². The van der Waals surface area contributed by atoms with Gasteiger partial charge in [0.15, 0.2) is 16.9 Å². The van der Waals surface area contributed by atoms with E-state index in [1.165, 1.54) is 13.3 Å². The zero-order valence-electron chi connectivity index (χ0n) is 12.4. The zero-order chi connectivity index (χ0) is 16.8. The average molecular weight is 342 g/mol. The van der Waals surface area contributed by atoms with Gasteiger partial charge in [0.25, 0.3) is 0 Å². The van der Waals surface area contributed by atoms with Crippen LogP contribution in [0.1, 0.15) is 13.3 Å². The molecular formula is C13H18N4O5S. The number of aliphatic hydroxyl groups is 3. The summed E-state index contributed by atoms with van der Waals surface area (Å²) in [5.41, 5.74) is 0.427. The first-order chi connectivity index (χ1) is 10.9. The first-order valence-electron chi connectivity index (χ1n) is 7.15. The van der Waals surface area contributed by atoms with Crippen LogP contribution in [-0.4, -0.2) is 86.6 Å². The van der Waals surface area contributed by atoms with Crippen molar-refractivity contribution in [3.63, 3.8) is 0 Å². The van der Waals surface area contributed by atoms with E-state index >= 15 is 0 Å². The lowest BCUT2D eigenvalue weighted by molar-refractivity contribution is -0.117. The van der Waals surface area contributed by atoms with Crippen molar-refractivity contribution in [2.24, 2.45) is 15.0 Å². The second-order valence-electron chi connectivity index (χ2n) is 5.74. The van der Waals surface area contributed by atoms with Crippen molar-refractivity contribution in [1.29, 1.82) is 0 Å². The Morgan fingerprint density at radius 2 is 2.26 bits per heavy atom. The minimum Gasteiger partial charge on any atom is -0.394 e. The summed E-state index contributed by atoms with van der Waals surface area (Å²) in [5, 5.41) is 29.2. The van der Waals surface area contributed by atoms with E-state index in [1.54, 1.807) is 4.90 Å². The van der Waals surface area contributed by atoms with Crippen LogP contribution in [0.5, 0.6) is 0 Å². The summed E-state index contributed by atoms with van der Waals surface area (Å²) in [5.74, 6) is 0.304. The van der Waals surface area contributed by atoms with Gasteiger partial charge in [0.1, 0.15) is 42.8 Å². The number of fused-ring (bicyclic) bond motifs is 1. The van der Waals surface area contributed by atoms with Gasteiger partial charge in [-0.3, -0.25) is 9.79 Å². The Hall–Kier alpha value is -1.33. The van der Waals surface area contributed by atoms with Crippen LogP contribution in [0.25, 0.3) is 0 Å². The van der Waals surface area contributed by atoms with Gasteiger partial charge in [-0.25, -0.2) is 9.98 Å². The normalized spacial score (nSPS) is 39.3. The molecule has 3 heterocycles. The van der Waals surface area contributed by atoms with Crippen LogP contribution in [0.4, 0.5) is 0 Å². The number of Topliss-reactive ketones (excluding diaryl/α,β-unsaturated/α-hetero) is 1. The first kappa shape index (κ1) is 16.5. The molecule has 1 unspecified atom stereocenters. The van der Waals surface area contributed by atoms with Crippen LogP contribution in [0.2, 0.25) is 0 Å². The summed E-state index contributed by atoms with van der Waals surface area (Å²) in [6.07, 6.45) is -2.84. The molecule has 23 heavy (non-hydrogen) atoms. The highest BCUT2D eigenvalue weighted by Gasteiger charge is 2.50. The fraction of sp³-hybridized carbons (Fsp3) is 0.692. The predicted molar refractivity (Wildman–Crippen MR) is 84.8 cm³/mol. The lowest BCUT2D eigenvalue weighted by Crippen LogP contribution is -2.50. The summed E-state index contributed by atoms with van der Waals surface area (Å²) in [6.45, 7) is 1.16. The minimum atomic E-state index is -1.22. The number of carbonyl (C=O) groups is 1. The van der Waals surface area contributed by atoms with Gasteiger partial charge in [0.2, 0.25) is 0 Å². The summed E-state index contributed by atoms with van der Waals surface area (Å²) in [7, 11) is 0. The minimum absolute atomic E-state index is 0.0638. The molecule has 0 saturated carbocycles. The van der Waals surface area contributed by atoms with Crippen molar-refractivity contribution < 1.29 is 24.9 Å². The molecule has 126 valence electrons. The molecular weight excluding hydrogens is 324 g/mol. The molecule has 3 aliphatic heterocycles. The SMILES string of the molecule is CC(=O)CC1(S)N=CN=C2C1=NCN2[C@@H]1O[C@H](CO)[C@@H](O)[C@H]1O. The number of aliphatic hydroxyl groups excluding tert-OH is 3. The van der Waals surface area contributed by atoms with E-state index in [0.717, 1.165) is 0 Å². The van der Waals surface area contributed by atoms with E-state index in [1.807, 2.05) is 0 Å². The van der Waals surface area contributed by atoms with E-state index in [2.05, 4.69) is 27.6 Å². The molecule has 3 aliphatic rings. The molecule has 9 nitrogen and oxygen atoms in total. The molecule has 0 bridgehead atoms. The topological polar surface area (TPSA) is 127 Å². The van der Waals surface area contributed by atoms with Crippen molar-refractivity contribution >= 4 is 36.3 Å². The van der Waals surface area contributed by atoms with Gasteiger partial charge < -0.3 is 25.0 Å². The van der Waals surface area contributed by atoms with E-state index in [0.29, 0.717) is 11.5 Å². The van der Waals surface area contributed by atoms with Crippen molar-refractivity contribution in [2.45, 2.75) is 42.8 Å². The van der Waals surface area contributed by atoms with E-state index in [9.17, 15) is 20.1 Å². The first-order valence-corrected chi connectivity index (χ1v) is 7.60. The lowest BCUT2D eigenvalue weighted by Gasteiger charge is -2.31. The van der Waals surface area contributed by atoms with Gasteiger partial charge in [-0.2, -0.15) is 0 Å². The molecule has 5 atom stereocenters. The predicted octanol–water partition coefficient (Wildman–Crippen LogP) is -1.81. The summed E-state index contributed by atoms with van der Waals surface area (Å²) in [4.78, 5) is 24.6. The van der Waals surface area contributed by atoms with Crippen LogP contribution in [0.3, 0.4) is 0 Å². The van der Waals surface area contributed by atoms with Gasteiger partial charge in [-0.1, -0.05) is 0 Å². The van der Waals surface area contributed by atoms with Crippen molar-refractivity contribution in [2.75, 3.05) is 13.3 Å². The molecule has 0 aromatic carbocycles. The maximum atomic E-state index is 11.5. The highest BCUT2D eigenvalue weighted by atomic mass is 32.1. The van der Waals surface area contributed by atoms with Crippen molar-refractivity contribution in [1.82, 2.24) is 4.90 Å². The number of ketones is 1. The van der Waals surface area contributed by atoms with Gasteiger partial charge >= 0.3 is 0 Å². The quantitative estimate of drug-likeness (QED) is 0.446. The number of nitrogens with zero attached hydrogens (tertiary/aromatic N) is 4. The maximum Gasteiger partial charge on any atom is 0.162 e. The second-order valence-corrected chi connectivity index (χ2v) is 6.48. The molecule has 10 heteroatoms. The molecule has 0 aromatic heterocycles. The number of ether oxygens (including phenoxy) is 1. The Morgan fingerprint density at radius 1 is 1.52 bits per heavy atom. The van der Waals surface area contributed by atoms with Crippen LogP contribution in [0.15, 0.2) is 15.0 Å². The third kappa shape index (κ3) is 2.70. The highest BCUT2D eigenvalue weighted by Crippen LogP contribution is 2.33. The van der Waals surface area contributed by atoms with E-state index < -0.39 is 36.0 Å². The molecule has 0 aliphatic carbocycles. The highest BCUT2D eigenvalue weighted by molar-refractivity contribution is 7.83. The summed E-state index contributed by atoms with van der Waals surface area (Å²) >= 11 is 4.47. The monoisotopic (exact) mass is 342 g/mol. The van der Waals surface area contributed by atoms with Gasteiger partial charge in [0.05, 0.1) is 6.61 Å². The Balaban J connectivity index is 1.84. The number of thiol groups is 1. The molecule has 0 amide bonds. The molecule has 0 spiro atoms. The number of hydrogen-bond donors (Lipinski definition) is 4. The Bertz CT molecular complexity index is 609. The lowest BCUT2D eigenvalue weighted by atomic mass is 10.0.